The van der Waals surface area contributed by atoms with Crippen LogP contribution < -0.4 is 14.8 Å². The van der Waals surface area contributed by atoms with Crippen LogP contribution in [0.2, 0.25) is 0 Å². The molecule has 3 rings (SSSR count). The molecular weight excluding hydrogens is 300 g/mol. The molecule has 1 N–H and O–H groups in total. The van der Waals surface area contributed by atoms with Gasteiger partial charge in [0.25, 0.3) is 0 Å². The summed E-state index contributed by atoms with van der Waals surface area (Å²) in [5, 5.41) is 3.63. The van der Waals surface area contributed by atoms with Crippen molar-refractivity contribution in [2.75, 3.05) is 32.6 Å². The summed E-state index contributed by atoms with van der Waals surface area (Å²) < 4.78 is 11.0. The average Bonchev–Trinajstić information content (AvgIpc) is 2.64. The van der Waals surface area contributed by atoms with Gasteiger partial charge in [-0.25, -0.2) is 0 Å². The molecule has 2 aromatic rings. The van der Waals surface area contributed by atoms with Crippen LogP contribution in [-0.2, 0) is 6.54 Å². The molecule has 0 atom stereocenters. The van der Waals surface area contributed by atoms with Gasteiger partial charge in [-0.2, -0.15) is 0 Å². The third-order valence-electron chi connectivity index (χ3n) is 4.64. The van der Waals surface area contributed by atoms with Gasteiger partial charge in [0, 0.05) is 31.4 Å². The topological polar surface area (TPSA) is 33.7 Å². The maximum Gasteiger partial charge on any atom is 0.127 e. The molecule has 1 saturated heterocycles. The van der Waals surface area contributed by atoms with Crippen molar-refractivity contribution in [2.45, 2.75) is 25.4 Å². The van der Waals surface area contributed by atoms with Gasteiger partial charge < -0.3 is 14.8 Å². The zero-order valence-corrected chi connectivity index (χ0v) is 14.5. The molecular formula is C20H26N2O2. The Hall–Kier alpha value is -2.20. The van der Waals surface area contributed by atoms with Crippen LogP contribution in [0.3, 0.4) is 0 Å². The van der Waals surface area contributed by atoms with E-state index >= 15 is 0 Å². The van der Waals surface area contributed by atoms with Gasteiger partial charge >= 0.3 is 0 Å². The van der Waals surface area contributed by atoms with Gasteiger partial charge in [-0.15, -0.1) is 0 Å². The highest BCUT2D eigenvalue weighted by atomic mass is 16.5. The summed E-state index contributed by atoms with van der Waals surface area (Å²) in [5.74, 6) is 1.80. The Kier molecular flexibility index (Phi) is 5.59. The number of anilines is 1. The smallest absolute Gasteiger partial charge is 0.127 e. The molecule has 0 amide bonds. The lowest BCUT2D eigenvalue weighted by atomic mass is 10.0. The third-order valence-corrected chi connectivity index (χ3v) is 4.64. The maximum atomic E-state index is 5.51. The predicted octanol–water partition coefficient (Wildman–Crippen LogP) is 3.78. The highest BCUT2D eigenvalue weighted by Gasteiger charge is 2.21. The SMILES string of the molecule is COc1cccc(OC)c1CN1CCC(Nc2ccccc2)CC1. The van der Waals surface area contributed by atoms with Crippen molar-refractivity contribution in [3.8, 4) is 11.5 Å². The van der Waals surface area contributed by atoms with E-state index in [2.05, 4.69) is 40.5 Å². The molecule has 0 radical (unpaired) electrons. The highest BCUT2D eigenvalue weighted by molar-refractivity contribution is 5.45. The largest absolute Gasteiger partial charge is 0.496 e. The normalized spacial score (nSPS) is 15.9. The lowest BCUT2D eigenvalue weighted by Gasteiger charge is -2.33. The Labute approximate surface area is 144 Å². The number of ether oxygens (including phenoxy) is 2. The first-order chi connectivity index (χ1) is 11.8. The van der Waals surface area contributed by atoms with Crippen molar-refractivity contribution in [1.29, 1.82) is 0 Å². The van der Waals surface area contributed by atoms with E-state index in [4.69, 9.17) is 9.47 Å². The van der Waals surface area contributed by atoms with Crippen molar-refractivity contribution >= 4 is 5.69 Å². The first kappa shape index (κ1) is 16.7. The Morgan fingerprint density at radius 1 is 0.917 bits per heavy atom. The Balaban J connectivity index is 1.58. The van der Waals surface area contributed by atoms with Crippen LogP contribution in [0.1, 0.15) is 18.4 Å². The van der Waals surface area contributed by atoms with E-state index in [-0.39, 0.29) is 0 Å². The molecule has 0 aromatic heterocycles. The zero-order chi connectivity index (χ0) is 16.8. The number of hydrogen-bond acceptors (Lipinski definition) is 4. The summed E-state index contributed by atoms with van der Waals surface area (Å²) in [7, 11) is 3.43. The standard InChI is InChI=1S/C20H26N2O2/c1-23-19-9-6-10-20(24-2)18(19)15-22-13-11-17(12-14-22)21-16-7-4-3-5-8-16/h3-10,17,21H,11-15H2,1-2H3. The number of likely N-dealkylation sites (tertiary alicyclic amines) is 1. The van der Waals surface area contributed by atoms with Crippen molar-refractivity contribution in [2.24, 2.45) is 0 Å². The second kappa shape index (κ2) is 8.06. The quantitative estimate of drug-likeness (QED) is 0.876. The van der Waals surface area contributed by atoms with Crippen LogP contribution in [0.5, 0.6) is 11.5 Å². The fourth-order valence-electron chi connectivity index (χ4n) is 3.31. The molecule has 0 unspecified atom stereocenters. The van der Waals surface area contributed by atoms with Crippen LogP contribution in [0.15, 0.2) is 48.5 Å². The van der Waals surface area contributed by atoms with Crippen LogP contribution >= 0.6 is 0 Å². The third kappa shape index (κ3) is 4.01. The summed E-state index contributed by atoms with van der Waals surface area (Å²) in [6.45, 7) is 3.02. The van der Waals surface area contributed by atoms with E-state index in [1.807, 2.05) is 18.2 Å². The van der Waals surface area contributed by atoms with Crippen LogP contribution in [0.4, 0.5) is 5.69 Å². The lowest BCUT2D eigenvalue weighted by molar-refractivity contribution is 0.206. The second-order valence-electron chi connectivity index (χ2n) is 6.20. The molecule has 1 heterocycles. The number of nitrogens with zero attached hydrogens (tertiary/aromatic N) is 1. The number of piperidine rings is 1. The number of rotatable bonds is 6. The maximum absolute atomic E-state index is 5.51. The van der Waals surface area contributed by atoms with Crippen LogP contribution in [0.25, 0.3) is 0 Å². The predicted molar refractivity (Wildman–Crippen MR) is 97.9 cm³/mol. The number of nitrogens with one attached hydrogen (secondary N) is 1. The first-order valence-electron chi connectivity index (χ1n) is 8.54. The number of para-hydroxylation sites is 1. The summed E-state index contributed by atoms with van der Waals surface area (Å²) in [6, 6.07) is 17.0. The van der Waals surface area contributed by atoms with E-state index in [9.17, 15) is 0 Å². The van der Waals surface area contributed by atoms with Crippen molar-refractivity contribution in [3.63, 3.8) is 0 Å². The molecule has 0 aliphatic carbocycles. The van der Waals surface area contributed by atoms with Crippen LogP contribution in [-0.4, -0.2) is 38.3 Å². The minimum Gasteiger partial charge on any atom is -0.496 e. The lowest BCUT2D eigenvalue weighted by Crippen LogP contribution is -2.38. The molecule has 4 nitrogen and oxygen atoms in total. The first-order valence-corrected chi connectivity index (χ1v) is 8.54. The fraction of sp³-hybridized carbons (Fsp3) is 0.400. The highest BCUT2D eigenvalue weighted by Crippen LogP contribution is 2.30. The Morgan fingerprint density at radius 2 is 1.54 bits per heavy atom. The van der Waals surface area contributed by atoms with Gasteiger partial charge in [0.1, 0.15) is 11.5 Å². The van der Waals surface area contributed by atoms with Gasteiger partial charge in [0.15, 0.2) is 0 Å². The molecule has 0 spiro atoms. The van der Waals surface area contributed by atoms with E-state index in [1.165, 1.54) is 5.69 Å². The van der Waals surface area contributed by atoms with Gasteiger partial charge in [-0.05, 0) is 37.1 Å². The number of benzene rings is 2. The molecule has 1 aliphatic rings. The van der Waals surface area contributed by atoms with Crippen molar-refractivity contribution < 1.29 is 9.47 Å². The Bertz CT molecular complexity index is 615. The minimum absolute atomic E-state index is 0.545. The Morgan fingerprint density at radius 3 is 2.12 bits per heavy atom. The van der Waals surface area contributed by atoms with E-state index in [0.29, 0.717) is 6.04 Å². The molecule has 4 heteroatoms. The van der Waals surface area contributed by atoms with E-state index in [1.54, 1.807) is 14.2 Å². The zero-order valence-electron chi connectivity index (χ0n) is 14.5. The summed E-state index contributed by atoms with van der Waals surface area (Å²) >= 11 is 0. The minimum atomic E-state index is 0.545. The van der Waals surface area contributed by atoms with Crippen molar-refractivity contribution in [3.05, 3.63) is 54.1 Å². The van der Waals surface area contributed by atoms with Crippen molar-refractivity contribution in [1.82, 2.24) is 4.90 Å². The molecule has 128 valence electrons. The molecule has 0 saturated carbocycles. The van der Waals surface area contributed by atoms with Gasteiger partial charge in [0.05, 0.1) is 19.8 Å². The average molecular weight is 326 g/mol. The molecule has 2 aromatic carbocycles. The second-order valence-corrected chi connectivity index (χ2v) is 6.20. The fourth-order valence-corrected chi connectivity index (χ4v) is 3.31. The van der Waals surface area contributed by atoms with E-state index < -0.39 is 0 Å². The number of hydrogen-bond donors (Lipinski definition) is 1. The van der Waals surface area contributed by atoms with Gasteiger partial charge in [-0.1, -0.05) is 24.3 Å². The summed E-state index contributed by atoms with van der Waals surface area (Å²) in [4.78, 5) is 2.48. The number of methoxy groups -OCH3 is 2. The van der Waals surface area contributed by atoms with E-state index in [0.717, 1.165) is 49.5 Å². The molecule has 1 aliphatic heterocycles. The summed E-state index contributed by atoms with van der Waals surface area (Å²) in [6.07, 6.45) is 2.29. The summed E-state index contributed by atoms with van der Waals surface area (Å²) in [5.41, 5.74) is 2.35. The monoisotopic (exact) mass is 326 g/mol. The molecule has 1 fully saturated rings. The van der Waals surface area contributed by atoms with Gasteiger partial charge in [0.2, 0.25) is 0 Å². The molecule has 0 bridgehead atoms. The molecule has 24 heavy (non-hydrogen) atoms. The van der Waals surface area contributed by atoms with Crippen LogP contribution in [0, 0.1) is 0 Å². The van der Waals surface area contributed by atoms with Gasteiger partial charge in [-0.3, -0.25) is 4.90 Å².